The predicted octanol–water partition coefficient (Wildman–Crippen LogP) is 2.43. The SMILES string of the molecule is CC(C)(/C=C(\C#N)C(=O)N1CCC[C@]1(C)COC(=O)N[C@@H](Cc1ccc(F)cc1)B(O)O)N1CCC(F)(F)C1. The third kappa shape index (κ3) is 7.74. The van der Waals surface area contributed by atoms with Crippen LogP contribution in [0.25, 0.3) is 0 Å². The Balaban J connectivity index is 1.65. The molecule has 0 spiro atoms. The summed E-state index contributed by atoms with van der Waals surface area (Å²) in [5.41, 5.74) is -1.53. The Morgan fingerprint density at radius 3 is 2.49 bits per heavy atom. The first-order valence-electron chi connectivity index (χ1n) is 12.8. The zero-order valence-corrected chi connectivity index (χ0v) is 22.3. The van der Waals surface area contributed by atoms with Crippen LogP contribution in [0.2, 0.25) is 0 Å². The van der Waals surface area contributed by atoms with E-state index >= 15 is 0 Å². The summed E-state index contributed by atoms with van der Waals surface area (Å²) in [4.78, 5) is 28.9. The van der Waals surface area contributed by atoms with Crippen molar-refractivity contribution in [2.24, 2.45) is 0 Å². The molecule has 9 nitrogen and oxygen atoms in total. The fourth-order valence-corrected chi connectivity index (χ4v) is 5.00. The molecule has 212 valence electrons. The normalized spacial score (nSPS) is 22.3. The molecule has 2 aliphatic heterocycles. The van der Waals surface area contributed by atoms with Crippen LogP contribution in [0.15, 0.2) is 35.9 Å². The van der Waals surface area contributed by atoms with Crippen LogP contribution in [0, 0.1) is 17.1 Å². The zero-order valence-electron chi connectivity index (χ0n) is 22.3. The summed E-state index contributed by atoms with van der Waals surface area (Å²) < 4.78 is 46.0. The lowest BCUT2D eigenvalue weighted by Gasteiger charge is -2.36. The van der Waals surface area contributed by atoms with Crippen LogP contribution in [0.3, 0.4) is 0 Å². The molecule has 0 aromatic heterocycles. The molecule has 0 saturated carbocycles. The molecule has 2 atom stereocenters. The first-order valence-corrected chi connectivity index (χ1v) is 12.8. The smallest absolute Gasteiger partial charge is 0.447 e. The molecule has 2 aliphatic rings. The quantitative estimate of drug-likeness (QED) is 0.245. The van der Waals surface area contributed by atoms with Gasteiger partial charge in [-0.05, 0) is 63.8 Å². The standard InChI is InChI=1S/C26H34BF3N4O5/c1-24(2,33-12-10-26(29,30)16-33)14-19(15-31)22(35)34-11-4-9-25(34,3)17-39-23(36)32-21(27(37)38)13-18-5-7-20(28)8-6-18/h5-8,14,21,37-38H,4,9-13,16-17H2,1-3H3,(H,32,36)/b19-14+/t21-,25+/m0/s1. The number of rotatable bonds is 9. The van der Waals surface area contributed by atoms with Gasteiger partial charge in [-0.3, -0.25) is 9.69 Å². The highest BCUT2D eigenvalue weighted by atomic mass is 19.3. The number of benzene rings is 1. The van der Waals surface area contributed by atoms with Gasteiger partial charge >= 0.3 is 13.2 Å². The van der Waals surface area contributed by atoms with Gasteiger partial charge in [-0.1, -0.05) is 12.1 Å². The van der Waals surface area contributed by atoms with E-state index in [1.165, 1.54) is 40.1 Å². The second-order valence-corrected chi connectivity index (χ2v) is 11.0. The van der Waals surface area contributed by atoms with E-state index in [1.807, 2.05) is 6.07 Å². The maximum absolute atomic E-state index is 13.8. The van der Waals surface area contributed by atoms with Gasteiger partial charge in [-0.2, -0.15) is 5.26 Å². The number of amides is 2. The lowest BCUT2D eigenvalue weighted by Crippen LogP contribution is -2.52. The molecular weight excluding hydrogens is 516 g/mol. The molecule has 0 bridgehead atoms. The second-order valence-electron chi connectivity index (χ2n) is 11.0. The summed E-state index contributed by atoms with van der Waals surface area (Å²) in [5, 5.41) is 31.5. The van der Waals surface area contributed by atoms with E-state index in [1.54, 1.807) is 20.8 Å². The van der Waals surface area contributed by atoms with Gasteiger partial charge in [-0.15, -0.1) is 0 Å². The van der Waals surface area contributed by atoms with Crippen LogP contribution in [0.5, 0.6) is 0 Å². The highest BCUT2D eigenvalue weighted by Gasteiger charge is 2.45. The maximum Gasteiger partial charge on any atom is 0.475 e. The number of likely N-dealkylation sites (tertiary alicyclic amines) is 2. The van der Waals surface area contributed by atoms with Gasteiger partial charge in [0.25, 0.3) is 11.8 Å². The van der Waals surface area contributed by atoms with Crippen LogP contribution >= 0.6 is 0 Å². The predicted molar refractivity (Wildman–Crippen MR) is 137 cm³/mol. The summed E-state index contributed by atoms with van der Waals surface area (Å²) in [6, 6.07) is 7.24. The van der Waals surface area contributed by atoms with Gasteiger partial charge in [0.1, 0.15) is 24.1 Å². The number of alkyl carbamates (subject to hydrolysis) is 1. The molecule has 2 heterocycles. The topological polar surface area (TPSA) is 126 Å². The molecule has 0 radical (unpaired) electrons. The van der Waals surface area contributed by atoms with Crippen molar-refractivity contribution in [1.29, 1.82) is 5.26 Å². The van der Waals surface area contributed by atoms with E-state index in [0.29, 0.717) is 24.9 Å². The minimum absolute atomic E-state index is 0.00395. The van der Waals surface area contributed by atoms with Crippen LogP contribution in [0.1, 0.15) is 45.6 Å². The third-order valence-electron chi connectivity index (χ3n) is 7.37. The van der Waals surface area contributed by atoms with E-state index in [-0.39, 0.29) is 31.6 Å². The Labute approximate surface area is 226 Å². The Kier molecular flexibility index (Phi) is 9.36. The maximum atomic E-state index is 13.8. The van der Waals surface area contributed by atoms with Crippen molar-refractivity contribution in [2.75, 3.05) is 26.2 Å². The van der Waals surface area contributed by atoms with Crippen molar-refractivity contribution < 1.29 is 37.5 Å². The van der Waals surface area contributed by atoms with Crippen molar-refractivity contribution in [3.05, 3.63) is 47.3 Å². The zero-order chi connectivity index (χ0) is 29.0. The molecule has 1 aromatic rings. The number of hydrogen-bond donors (Lipinski definition) is 3. The lowest BCUT2D eigenvalue weighted by molar-refractivity contribution is -0.131. The molecular formula is C26H34BF3N4O5. The first-order chi connectivity index (χ1) is 18.2. The van der Waals surface area contributed by atoms with Crippen LogP contribution in [0.4, 0.5) is 18.0 Å². The van der Waals surface area contributed by atoms with Crippen molar-refractivity contribution in [3.8, 4) is 6.07 Å². The number of carbonyl (C=O) groups is 2. The van der Waals surface area contributed by atoms with Gasteiger partial charge in [0.05, 0.1) is 18.0 Å². The number of ether oxygens (including phenoxy) is 1. The summed E-state index contributed by atoms with van der Waals surface area (Å²) in [6.07, 6.45) is 1.25. The molecule has 0 aliphatic carbocycles. The minimum atomic E-state index is -2.82. The molecule has 2 amide bonds. The first kappa shape index (κ1) is 30.5. The van der Waals surface area contributed by atoms with E-state index in [0.717, 1.165) is 0 Å². The Bertz CT molecular complexity index is 1130. The fourth-order valence-electron chi connectivity index (χ4n) is 5.00. The number of nitrogens with one attached hydrogen (secondary N) is 1. The highest BCUT2D eigenvalue weighted by molar-refractivity contribution is 6.43. The summed E-state index contributed by atoms with van der Waals surface area (Å²) in [6.45, 7) is 4.82. The van der Waals surface area contributed by atoms with Crippen molar-refractivity contribution >= 4 is 19.1 Å². The van der Waals surface area contributed by atoms with Gasteiger partial charge in [0.15, 0.2) is 0 Å². The van der Waals surface area contributed by atoms with Gasteiger partial charge < -0.3 is 25.0 Å². The second kappa shape index (κ2) is 12.0. The monoisotopic (exact) mass is 550 g/mol. The number of carbonyl (C=O) groups excluding carboxylic acids is 2. The summed E-state index contributed by atoms with van der Waals surface area (Å²) in [5.74, 6) is -4.99. The van der Waals surface area contributed by atoms with Crippen molar-refractivity contribution in [2.45, 2.75) is 69.4 Å². The fraction of sp³-hybridized carbons (Fsp3) is 0.577. The number of nitriles is 1. The largest absolute Gasteiger partial charge is 0.475 e. The van der Waals surface area contributed by atoms with E-state index in [2.05, 4.69) is 5.32 Å². The van der Waals surface area contributed by atoms with E-state index in [4.69, 9.17) is 4.74 Å². The van der Waals surface area contributed by atoms with Gasteiger partial charge in [0, 0.05) is 25.0 Å². The average molecular weight is 550 g/mol. The Morgan fingerprint density at radius 2 is 1.92 bits per heavy atom. The number of hydrogen-bond acceptors (Lipinski definition) is 7. The summed E-state index contributed by atoms with van der Waals surface area (Å²) in [7, 11) is -1.91. The van der Waals surface area contributed by atoms with Gasteiger partial charge in [-0.25, -0.2) is 18.0 Å². The molecule has 2 fully saturated rings. The van der Waals surface area contributed by atoms with Crippen molar-refractivity contribution in [1.82, 2.24) is 15.1 Å². The molecule has 0 unspecified atom stereocenters. The van der Waals surface area contributed by atoms with Crippen molar-refractivity contribution in [3.63, 3.8) is 0 Å². The molecule has 2 saturated heterocycles. The number of nitrogens with zero attached hydrogens (tertiary/aromatic N) is 3. The average Bonchev–Trinajstić information content (AvgIpc) is 3.44. The van der Waals surface area contributed by atoms with E-state index < -0.39 is 54.4 Å². The minimum Gasteiger partial charge on any atom is -0.447 e. The van der Waals surface area contributed by atoms with Gasteiger partial charge in [0.2, 0.25) is 0 Å². The molecule has 3 N–H and O–H groups in total. The third-order valence-corrected chi connectivity index (χ3v) is 7.37. The Morgan fingerprint density at radius 1 is 1.26 bits per heavy atom. The number of halogens is 3. The lowest BCUT2D eigenvalue weighted by atomic mass is 9.76. The number of alkyl halides is 2. The molecule has 1 aromatic carbocycles. The van der Waals surface area contributed by atoms with E-state index in [9.17, 15) is 38.1 Å². The van der Waals surface area contributed by atoms with Crippen LogP contribution in [-0.4, -0.2) is 88.1 Å². The molecule has 13 heteroatoms. The highest BCUT2D eigenvalue weighted by Crippen LogP contribution is 2.34. The van der Waals surface area contributed by atoms with Crippen LogP contribution < -0.4 is 5.32 Å². The molecule has 3 rings (SSSR count). The summed E-state index contributed by atoms with van der Waals surface area (Å²) >= 11 is 0. The van der Waals surface area contributed by atoms with Crippen LogP contribution in [-0.2, 0) is 16.0 Å². The Hall–Kier alpha value is -3.08. The molecule has 39 heavy (non-hydrogen) atoms.